The van der Waals surface area contributed by atoms with Crippen LogP contribution in [-0.2, 0) is 6.42 Å². The van der Waals surface area contributed by atoms with Crippen LogP contribution in [0, 0.1) is 0 Å². The lowest BCUT2D eigenvalue weighted by atomic mass is 10.1. The van der Waals surface area contributed by atoms with Gasteiger partial charge >= 0.3 is 0 Å². The number of aryl methyl sites for hydroxylation is 1. The molecule has 1 aromatic rings. The lowest BCUT2D eigenvalue weighted by Crippen LogP contribution is -2.53. The van der Waals surface area contributed by atoms with Gasteiger partial charge in [0.05, 0.1) is 17.4 Å². The zero-order valence-electron chi connectivity index (χ0n) is 15.4. The van der Waals surface area contributed by atoms with E-state index in [1.807, 2.05) is 0 Å². The Labute approximate surface area is 150 Å². The Bertz CT molecular complexity index is 740. The number of fused-ring (bicyclic) bond motifs is 3. The minimum absolute atomic E-state index is 0.198. The van der Waals surface area contributed by atoms with Gasteiger partial charge in [-0.05, 0) is 44.2 Å². The first kappa shape index (κ1) is 16.3. The van der Waals surface area contributed by atoms with Crippen LogP contribution in [0.2, 0.25) is 0 Å². The molecule has 5 nitrogen and oxygen atoms in total. The fourth-order valence-corrected chi connectivity index (χ4v) is 3.63. The summed E-state index contributed by atoms with van der Waals surface area (Å²) < 4.78 is 0. The topological polar surface area (TPSA) is 34.4 Å². The summed E-state index contributed by atoms with van der Waals surface area (Å²) in [6.45, 7) is 8.50. The molecule has 4 rings (SSSR count). The number of anilines is 1. The van der Waals surface area contributed by atoms with Gasteiger partial charge in [0.15, 0.2) is 11.7 Å². The van der Waals surface area contributed by atoms with Gasteiger partial charge in [0, 0.05) is 32.4 Å². The maximum atomic E-state index is 5.03. The summed E-state index contributed by atoms with van der Waals surface area (Å²) in [7, 11) is 2.18. The summed E-state index contributed by atoms with van der Waals surface area (Å²) in [6.07, 6.45) is 6.59. The minimum Gasteiger partial charge on any atom is -0.351 e. The molecular weight excluding hydrogens is 310 g/mol. The van der Waals surface area contributed by atoms with E-state index in [4.69, 9.17) is 9.98 Å². The number of rotatable bonds is 2. The van der Waals surface area contributed by atoms with Crippen LogP contribution in [0.5, 0.6) is 0 Å². The summed E-state index contributed by atoms with van der Waals surface area (Å²) in [5.74, 6) is 2.03. The quantitative estimate of drug-likeness (QED) is 0.832. The first-order chi connectivity index (χ1) is 12.2. The van der Waals surface area contributed by atoms with Gasteiger partial charge in [-0.25, -0.2) is 4.99 Å². The summed E-state index contributed by atoms with van der Waals surface area (Å²) in [4.78, 5) is 16.9. The van der Waals surface area contributed by atoms with E-state index in [1.54, 1.807) is 0 Å². The van der Waals surface area contributed by atoms with Crippen molar-refractivity contribution in [1.82, 2.24) is 9.80 Å². The van der Waals surface area contributed by atoms with Crippen molar-refractivity contribution < 1.29 is 0 Å². The molecule has 1 saturated heterocycles. The van der Waals surface area contributed by atoms with E-state index >= 15 is 0 Å². The molecule has 3 heterocycles. The Morgan fingerprint density at radius 2 is 1.92 bits per heavy atom. The first-order valence-electron chi connectivity index (χ1n) is 9.36. The fraction of sp³-hybridized carbons (Fsp3) is 0.500. The molecule has 1 unspecified atom stereocenters. The third-order valence-corrected chi connectivity index (χ3v) is 5.13. The lowest BCUT2D eigenvalue weighted by molar-refractivity contribution is 0.217. The van der Waals surface area contributed by atoms with Crippen LogP contribution in [0.25, 0.3) is 0 Å². The first-order valence-corrected chi connectivity index (χ1v) is 9.36. The molecule has 132 valence electrons. The van der Waals surface area contributed by atoms with E-state index in [9.17, 15) is 0 Å². The van der Waals surface area contributed by atoms with Crippen LogP contribution in [0.4, 0.5) is 11.4 Å². The highest BCUT2D eigenvalue weighted by Gasteiger charge is 2.32. The summed E-state index contributed by atoms with van der Waals surface area (Å²) in [6, 6.07) is 6.86. The molecule has 0 saturated carbocycles. The molecule has 1 aromatic carbocycles. The van der Waals surface area contributed by atoms with E-state index in [0.717, 1.165) is 62.1 Å². The average molecular weight is 337 g/mol. The predicted molar refractivity (Wildman–Crippen MR) is 105 cm³/mol. The number of hydrogen-bond acceptors (Lipinski definition) is 5. The van der Waals surface area contributed by atoms with Gasteiger partial charge in [-0.2, -0.15) is 0 Å². The molecule has 0 bridgehead atoms. The van der Waals surface area contributed by atoms with Gasteiger partial charge in [0.25, 0.3) is 0 Å². The normalized spacial score (nSPS) is 23.1. The maximum Gasteiger partial charge on any atom is 0.176 e. The van der Waals surface area contributed by atoms with E-state index in [-0.39, 0.29) is 6.04 Å². The van der Waals surface area contributed by atoms with Crippen LogP contribution >= 0.6 is 0 Å². The summed E-state index contributed by atoms with van der Waals surface area (Å²) in [5, 5.41) is 0. The van der Waals surface area contributed by atoms with E-state index in [0.29, 0.717) is 0 Å². The monoisotopic (exact) mass is 337 g/mol. The van der Waals surface area contributed by atoms with Crippen molar-refractivity contribution in [1.29, 1.82) is 0 Å². The Kier molecular flexibility index (Phi) is 4.34. The molecule has 25 heavy (non-hydrogen) atoms. The Morgan fingerprint density at radius 3 is 2.68 bits per heavy atom. The summed E-state index contributed by atoms with van der Waals surface area (Å²) >= 11 is 0. The van der Waals surface area contributed by atoms with Gasteiger partial charge < -0.3 is 9.80 Å². The number of benzene rings is 1. The molecule has 0 amide bonds. The molecule has 0 N–H and O–H groups in total. The van der Waals surface area contributed by atoms with Crippen LogP contribution in [0.1, 0.15) is 25.8 Å². The third kappa shape index (κ3) is 3.09. The van der Waals surface area contributed by atoms with Crippen molar-refractivity contribution in [3.8, 4) is 0 Å². The molecule has 0 aromatic heterocycles. The van der Waals surface area contributed by atoms with Crippen LogP contribution in [0.3, 0.4) is 0 Å². The molecular formula is C20H27N5. The molecule has 0 aliphatic carbocycles. The Morgan fingerprint density at radius 1 is 1.12 bits per heavy atom. The molecule has 3 aliphatic rings. The number of nitrogens with zero attached hydrogens (tertiary/aromatic N) is 5. The van der Waals surface area contributed by atoms with E-state index < -0.39 is 0 Å². The molecule has 1 fully saturated rings. The highest BCUT2D eigenvalue weighted by molar-refractivity contribution is 6.47. The molecule has 3 aliphatic heterocycles. The van der Waals surface area contributed by atoms with Crippen molar-refractivity contribution in [2.24, 2.45) is 9.98 Å². The predicted octanol–water partition coefficient (Wildman–Crippen LogP) is 3.05. The lowest BCUT2D eigenvalue weighted by Gasteiger charge is -2.39. The highest BCUT2D eigenvalue weighted by atomic mass is 15.3. The van der Waals surface area contributed by atoms with Crippen LogP contribution in [0.15, 0.2) is 40.5 Å². The standard InChI is InChI=1S/C20H27N5/c1-4-5-16-6-7-17-18(14-16)25-9-8-15(2)21-20(25)19(22-17)24-12-10-23(3)11-13-24/h6-9,14-15H,4-5,10-13H2,1-3H3. The molecule has 1 atom stereocenters. The van der Waals surface area contributed by atoms with Crippen molar-refractivity contribution in [3.05, 3.63) is 36.0 Å². The van der Waals surface area contributed by atoms with Gasteiger partial charge in [-0.3, -0.25) is 9.89 Å². The third-order valence-electron chi connectivity index (χ3n) is 5.13. The largest absolute Gasteiger partial charge is 0.351 e. The number of aliphatic imine (C=N–C) groups is 2. The maximum absolute atomic E-state index is 5.03. The van der Waals surface area contributed by atoms with Gasteiger partial charge in [0.2, 0.25) is 0 Å². The summed E-state index contributed by atoms with van der Waals surface area (Å²) in [5.41, 5.74) is 3.57. The van der Waals surface area contributed by atoms with Crippen LogP contribution in [-0.4, -0.2) is 60.7 Å². The Balaban J connectivity index is 1.75. The zero-order chi connectivity index (χ0) is 17.4. The second kappa shape index (κ2) is 6.64. The molecule has 0 spiro atoms. The van der Waals surface area contributed by atoms with Gasteiger partial charge in [-0.15, -0.1) is 0 Å². The number of hydrogen-bond donors (Lipinski definition) is 0. The van der Waals surface area contributed by atoms with E-state index in [1.165, 1.54) is 5.56 Å². The van der Waals surface area contributed by atoms with Crippen molar-refractivity contribution in [2.75, 3.05) is 38.1 Å². The SMILES string of the molecule is CCCc1ccc2c(c1)N1C=CC(C)N=C1C(N1CCN(C)CC1)=N2. The fourth-order valence-electron chi connectivity index (χ4n) is 3.63. The average Bonchev–Trinajstić information content (AvgIpc) is 2.62. The minimum atomic E-state index is 0.198. The number of likely N-dealkylation sites (N-methyl/N-ethyl adjacent to an activating group) is 1. The highest BCUT2D eigenvalue weighted by Crippen LogP contribution is 2.36. The number of amidine groups is 2. The number of piperazine rings is 1. The Hall–Kier alpha value is -2.14. The van der Waals surface area contributed by atoms with Crippen LogP contribution < -0.4 is 4.90 Å². The second-order valence-corrected chi connectivity index (χ2v) is 7.20. The zero-order valence-corrected chi connectivity index (χ0v) is 15.4. The second-order valence-electron chi connectivity index (χ2n) is 7.20. The van der Waals surface area contributed by atoms with Gasteiger partial charge in [-0.1, -0.05) is 19.4 Å². The van der Waals surface area contributed by atoms with Gasteiger partial charge in [0.1, 0.15) is 0 Å². The van der Waals surface area contributed by atoms with Crippen molar-refractivity contribution in [2.45, 2.75) is 32.7 Å². The molecule has 0 radical (unpaired) electrons. The molecule has 5 heteroatoms. The van der Waals surface area contributed by atoms with Crippen molar-refractivity contribution >= 4 is 23.0 Å². The van der Waals surface area contributed by atoms with Crippen molar-refractivity contribution in [3.63, 3.8) is 0 Å². The van der Waals surface area contributed by atoms with E-state index in [2.05, 4.69) is 66.1 Å². The smallest absolute Gasteiger partial charge is 0.176 e.